The Morgan fingerprint density at radius 1 is 1.34 bits per heavy atom. The third-order valence-electron chi connectivity index (χ3n) is 5.04. The van der Waals surface area contributed by atoms with Gasteiger partial charge in [-0.15, -0.1) is 0 Å². The minimum absolute atomic E-state index is 0.200. The monoisotopic (exact) mass is 394 g/mol. The number of morpholine rings is 1. The molecular formula is C20H26N8O. The zero-order valence-corrected chi connectivity index (χ0v) is 16.9. The van der Waals surface area contributed by atoms with E-state index in [1.54, 1.807) is 13.2 Å². The molecule has 5 N–H and O–H groups in total. The van der Waals surface area contributed by atoms with Gasteiger partial charge in [0.2, 0.25) is 0 Å². The van der Waals surface area contributed by atoms with E-state index in [0.717, 1.165) is 29.0 Å². The summed E-state index contributed by atoms with van der Waals surface area (Å²) in [6.45, 7) is 6.00. The molecule has 0 saturated carbocycles. The zero-order chi connectivity index (χ0) is 20.5. The minimum atomic E-state index is 0.200. The first-order valence-corrected chi connectivity index (χ1v) is 9.56. The summed E-state index contributed by atoms with van der Waals surface area (Å²) in [6.07, 6.45) is 3.61. The molecule has 0 aromatic carbocycles. The van der Waals surface area contributed by atoms with Gasteiger partial charge in [0, 0.05) is 48.7 Å². The van der Waals surface area contributed by atoms with Gasteiger partial charge in [0.25, 0.3) is 0 Å². The number of ether oxygens (including phenoxy) is 1. The molecule has 0 bridgehead atoms. The molecule has 3 aromatic rings. The molecule has 1 atom stereocenters. The second-order valence-electron chi connectivity index (χ2n) is 7.29. The topological polar surface area (TPSA) is 122 Å². The van der Waals surface area contributed by atoms with Crippen LogP contribution in [0.1, 0.15) is 19.5 Å². The van der Waals surface area contributed by atoms with Gasteiger partial charge < -0.3 is 25.4 Å². The molecule has 0 spiro atoms. The molecule has 9 nitrogen and oxygen atoms in total. The van der Waals surface area contributed by atoms with Crippen LogP contribution in [-0.2, 0) is 4.74 Å². The number of hydrogen-bond acceptors (Lipinski definition) is 8. The Hall–Kier alpha value is -3.17. The summed E-state index contributed by atoms with van der Waals surface area (Å²) in [4.78, 5) is 19.5. The fourth-order valence-electron chi connectivity index (χ4n) is 3.71. The van der Waals surface area contributed by atoms with Crippen molar-refractivity contribution in [1.29, 1.82) is 0 Å². The van der Waals surface area contributed by atoms with E-state index < -0.39 is 0 Å². The van der Waals surface area contributed by atoms with Crippen LogP contribution in [0.15, 0.2) is 36.3 Å². The van der Waals surface area contributed by atoms with Gasteiger partial charge in [-0.2, -0.15) is 0 Å². The van der Waals surface area contributed by atoms with Crippen LogP contribution in [0.3, 0.4) is 0 Å². The number of hydrogen-bond donors (Lipinski definition) is 3. The Morgan fingerprint density at radius 2 is 2.17 bits per heavy atom. The van der Waals surface area contributed by atoms with E-state index in [-0.39, 0.29) is 6.04 Å². The average Bonchev–Trinajstić information content (AvgIpc) is 3.16. The van der Waals surface area contributed by atoms with Crippen molar-refractivity contribution in [2.75, 3.05) is 31.7 Å². The number of pyridine rings is 1. The molecule has 1 unspecified atom stereocenters. The van der Waals surface area contributed by atoms with Gasteiger partial charge in [-0.1, -0.05) is 0 Å². The molecule has 152 valence electrons. The highest BCUT2D eigenvalue weighted by molar-refractivity contribution is 5.91. The maximum absolute atomic E-state index is 6.14. The maximum Gasteiger partial charge on any atom is 0.163 e. The number of hydrazine groups is 1. The van der Waals surface area contributed by atoms with Crippen molar-refractivity contribution in [2.45, 2.75) is 19.9 Å². The molecule has 29 heavy (non-hydrogen) atoms. The highest BCUT2D eigenvalue weighted by atomic mass is 16.5. The number of fused-ring (bicyclic) bond motifs is 1. The molecule has 1 aliphatic rings. The summed E-state index contributed by atoms with van der Waals surface area (Å²) in [5, 5.41) is 2.45. The van der Waals surface area contributed by atoms with Crippen LogP contribution in [0.25, 0.3) is 28.1 Å². The molecule has 0 amide bonds. The normalized spacial score (nSPS) is 18.1. The Morgan fingerprint density at radius 3 is 2.90 bits per heavy atom. The van der Waals surface area contributed by atoms with Crippen molar-refractivity contribution in [3.05, 3.63) is 42.0 Å². The first-order chi connectivity index (χ1) is 14.0. The number of nitrogens with two attached hydrogens (primary N) is 2. The summed E-state index contributed by atoms with van der Waals surface area (Å²) in [5.74, 6) is 7.50. The summed E-state index contributed by atoms with van der Waals surface area (Å²) < 4.78 is 5.59. The molecule has 4 heterocycles. The number of allylic oxidation sites excluding steroid dienone is 1. The van der Waals surface area contributed by atoms with Crippen LogP contribution in [0.4, 0.5) is 5.82 Å². The molecule has 0 radical (unpaired) electrons. The first kappa shape index (κ1) is 19.2. The number of aromatic nitrogens is 4. The molecule has 1 saturated heterocycles. The summed E-state index contributed by atoms with van der Waals surface area (Å²) in [7, 11) is 1.75. The van der Waals surface area contributed by atoms with E-state index in [0.29, 0.717) is 36.1 Å². The van der Waals surface area contributed by atoms with E-state index in [2.05, 4.69) is 21.8 Å². The predicted molar refractivity (Wildman–Crippen MR) is 113 cm³/mol. The fraction of sp³-hybridized carbons (Fsp3) is 0.350. The van der Waals surface area contributed by atoms with Crippen LogP contribution in [0, 0.1) is 0 Å². The van der Waals surface area contributed by atoms with Crippen molar-refractivity contribution >= 4 is 22.5 Å². The Balaban J connectivity index is 1.93. The fourth-order valence-corrected chi connectivity index (χ4v) is 3.71. The number of nitrogens with zero attached hydrogens (tertiary/aromatic N) is 5. The molecule has 3 aromatic heterocycles. The van der Waals surface area contributed by atoms with Crippen LogP contribution in [0.5, 0.6) is 0 Å². The van der Waals surface area contributed by atoms with E-state index in [1.807, 2.05) is 31.3 Å². The Bertz CT molecular complexity index is 1050. The third-order valence-corrected chi connectivity index (χ3v) is 5.04. The van der Waals surface area contributed by atoms with Crippen LogP contribution < -0.4 is 16.5 Å². The van der Waals surface area contributed by atoms with Crippen LogP contribution in [0.2, 0.25) is 0 Å². The second kappa shape index (κ2) is 7.69. The molecule has 0 aliphatic carbocycles. The maximum atomic E-state index is 6.14. The standard InChI is InChI=1S/C20H26N8O/c1-12-11-29-9-8-28(12)17-10-16(18(13(2)21)27(3)22)25-20(26-17)15-5-7-24-19-14(15)4-6-23-19/h4-7,10,12H,8-9,11,21-22H2,1-3H3,(H,23,24)/b18-13-. The lowest BCUT2D eigenvalue weighted by Crippen LogP contribution is -2.44. The van der Waals surface area contributed by atoms with Crippen molar-refractivity contribution in [3.8, 4) is 11.4 Å². The predicted octanol–water partition coefficient (Wildman–Crippen LogP) is 1.70. The smallest absolute Gasteiger partial charge is 0.163 e. The van der Waals surface area contributed by atoms with Gasteiger partial charge in [0.15, 0.2) is 5.82 Å². The lowest BCUT2D eigenvalue weighted by atomic mass is 10.1. The minimum Gasteiger partial charge on any atom is -0.400 e. The lowest BCUT2D eigenvalue weighted by Gasteiger charge is -2.34. The number of rotatable bonds is 4. The molecule has 1 fully saturated rings. The average molecular weight is 394 g/mol. The zero-order valence-electron chi connectivity index (χ0n) is 16.9. The molecule has 9 heteroatoms. The van der Waals surface area contributed by atoms with Crippen molar-refractivity contribution in [3.63, 3.8) is 0 Å². The van der Waals surface area contributed by atoms with Gasteiger partial charge >= 0.3 is 0 Å². The number of aromatic amines is 1. The highest BCUT2D eigenvalue weighted by Gasteiger charge is 2.23. The van der Waals surface area contributed by atoms with Gasteiger partial charge in [-0.25, -0.2) is 20.8 Å². The third kappa shape index (κ3) is 3.62. The number of nitrogens with one attached hydrogen (secondary N) is 1. The second-order valence-corrected chi connectivity index (χ2v) is 7.29. The summed E-state index contributed by atoms with van der Waals surface area (Å²) >= 11 is 0. The van der Waals surface area contributed by atoms with E-state index in [4.69, 9.17) is 26.3 Å². The van der Waals surface area contributed by atoms with Crippen molar-refractivity contribution < 1.29 is 4.74 Å². The number of anilines is 1. The van der Waals surface area contributed by atoms with Gasteiger partial charge in [0.1, 0.15) is 11.5 Å². The van der Waals surface area contributed by atoms with Gasteiger partial charge in [-0.3, -0.25) is 0 Å². The molecule has 4 rings (SSSR count). The quantitative estimate of drug-likeness (QED) is 0.451. The van der Waals surface area contributed by atoms with Crippen LogP contribution >= 0.6 is 0 Å². The molecular weight excluding hydrogens is 368 g/mol. The van der Waals surface area contributed by atoms with Crippen LogP contribution in [-0.4, -0.2) is 57.8 Å². The molecule has 1 aliphatic heterocycles. The number of H-pyrrole nitrogens is 1. The van der Waals surface area contributed by atoms with E-state index in [1.165, 1.54) is 5.01 Å². The SMILES string of the molecule is C/C(N)=C(\c1cc(N2CCOCC2C)nc(-c2ccnc3[nH]ccc23)n1)N(C)N. The summed E-state index contributed by atoms with van der Waals surface area (Å²) in [5.41, 5.74) is 9.75. The largest absolute Gasteiger partial charge is 0.400 e. The van der Waals surface area contributed by atoms with Crippen molar-refractivity contribution in [2.24, 2.45) is 11.6 Å². The van der Waals surface area contributed by atoms with Gasteiger partial charge in [0.05, 0.1) is 30.6 Å². The highest BCUT2D eigenvalue weighted by Crippen LogP contribution is 2.30. The summed E-state index contributed by atoms with van der Waals surface area (Å²) in [6, 6.07) is 6.04. The Labute approximate surface area is 169 Å². The first-order valence-electron chi connectivity index (χ1n) is 9.56. The lowest BCUT2D eigenvalue weighted by molar-refractivity contribution is 0.0985. The van der Waals surface area contributed by atoms with E-state index in [9.17, 15) is 0 Å². The van der Waals surface area contributed by atoms with E-state index >= 15 is 0 Å². The Kier molecular flexibility index (Phi) is 5.08. The van der Waals surface area contributed by atoms with Gasteiger partial charge in [-0.05, 0) is 26.0 Å². The van der Waals surface area contributed by atoms with Crippen molar-refractivity contribution in [1.82, 2.24) is 24.9 Å².